The molecule has 0 bridgehead atoms. The number of H-pyrrole nitrogens is 1. The molecular formula is C14H22N6. The zero-order valence-electron chi connectivity index (χ0n) is 11.9. The third kappa shape index (κ3) is 3.94. The summed E-state index contributed by atoms with van der Waals surface area (Å²) in [6.45, 7) is 3.86. The Bertz CT molecular complexity index is 507. The third-order valence-corrected chi connectivity index (χ3v) is 3.27. The summed E-state index contributed by atoms with van der Waals surface area (Å²) in [5, 5.41) is 15.0. The van der Waals surface area contributed by atoms with Gasteiger partial charge in [-0.3, -0.25) is 10.5 Å². The summed E-state index contributed by atoms with van der Waals surface area (Å²) in [6.07, 6.45) is 7.80. The Kier molecular flexibility index (Phi) is 4.92. The molecule has 0 saturated carbocycles. The van der Waals surface area contributed by atoms with Crippen LogP contribution < -0.4 is 5.73 Å². The van der Waals surface area contributed by atoms with Gasteiger partial charge in [0.05, 0.1) is 12.1 Å². The Labute approximate surface area is 119 Å². The largest absolute Gasteiger partial charge is 0.387 e. The van der Waals surface area contributed by atoms with Crippen molar-refractivity contribution in [2.24, 2.45) is 10.7 Å². The van der Waals surface area contributed by atoms with E-state index in [0.29, 0.717) is 23.9 Å². The van der Waals surface area contributed by atoms with Crippen LogP contribution in [0, 0.1) is 5.41 Å². The molecule has 1 saturated heterocycles. The third-order valence-electron chi connectivity index (χ3n) is 3.27. The van der Waals surface area contributed by atoms with E-state index in [4.69, 9.17) is 11.1 Å². The van der Waals surface area contributed by atoms with Crippen molar-refractivity contribution in [2.45, 2.75) is 32.6 Å². The molecule has 2 rings (SSSR count). The predicted octanol–water partition coefficient (Wildman–Crippen LogP) is 2.28. The molecule has 20 heavy (non-hydrogen) atoms. The van der Waals surface area contributed by atoms with Crippen LogP contribution in [0.4, 0.5) is 5.82 Å². The van der Waals surface area contributed by atoms with Crippen molar-refractivity contribution in [1.29, 1.82) is 5.41 Å². The lowest BCUT2D eigenvalue weighted by molar-refractivity contribution is 0.337. The summed E-state index contributed by atoms with van der Waals surface area (Å²) in [4.78, 5) is 6.33. The topological polar surface area (TPSA) is 94.2 Å². The lowest BCUT2D eigenvalue weighted by Gasteiger charge is -2.28. The molecule has 0 amide bonds. The van der Waals surface area contributed by atoms with Gasteiger partial charge in [-0.1, -0.05) is 6.08 Å². The number of aliphatic imine (C=N–C) groups is 1. The van der Waals surface area contributed by atoms with Crippen molar-refractivity contribution in [1.82, 2.24) is 15.1 Å². The molecule has 1 aliphatic rings. The zero-order valence-corrected chi connectivity index (χ0v) is 11.9. The van der Waals surface area contributed by atoms with Crippen LogP contribution in [-0.2, 0) is 0 Å². The van der Waals surface area contributed by atoms with Crippen molar-refractivity contribution in [3.8, 4) is 0 Å². The van der Waals surface area contributed by atoms with E-state index in [-0.39, 0.29) is 0 Å². The van der Waals surface area contributed by atoms with Gasteiger partial charge in [0.25, 0.3) is 0 Å². The van der Waals surface area contributed by atoms with Crippen LogP contribution in [0.2, 0.25) is 0 Å². The number of likely N-dealkylation sites (tertiary alicyclic amines) is 1. The summed E-state index contributed by atoms with van der Waals surface area (Å²) >= 11 is 0. The van der Waals surface area contributed by atoms with E-state index < -0.39 is 0 Å². The fourth-order valence-electron chi connectivity index (χ4n) is 2.28. The highest BCUT2D eigenvalue weighted by Crippen LogP contribution is 2.13. The summed E-state index contributed by atoms with van der Waals surface area (Å²) in [7, 11) is 0. The van der Waals surface area contributed by atoms with E-state index in [1.807, 2.05) is 25.1 Å². The number of nitrogens with zero attached hydrogens (tertiary/aromatic N) is 3. The number of aromatic amines is 1. The van der Waals surface area contributed by atoms with Gasteiger partial charge in [0.1, 0.15) is 11.7 Å². The van der Waals surface area contributed by atoms with Gasteiger partial charge >= 0.3 is 0 Å². The fraction of sp³-hybridized carbons (Fsp3) is 0.500. The summed E-state index contributed by atoms with van der Waals surface area (Å²) < 4.78 is 0. The quantitative estimate of drug-likeness (QED) is 0.580. The number of allylic oxidation sites excluding steroid dienone is 1. The molecular weight excluding hydrogens is 252 g/mol. The first kappa shape index (κ1) is 14.3. The number of rotatable bonds is 4. The summed E-state index contributed by atoms with van der Waals surface area (Å²) in [6, 6.07) is 1.83. The fourth-order valence-corrected chi connectivity index (χ4v) is 2.28. The number of nitrogens with two attached hydrogens (primary N) is 1. The zero-order chi connectivity index (χ0) is 14.4. The molecule has 1 aromatic rings. The highest BCUT2D eigenvalue weighted by molar-refractivity contribution is 6.01. The molecule has 108 valence electrons. The highest BCUT2D eigenvalue weighted by Gasteiger charge is 2.14. The van der Waals surface area contributed by atoms with Gasteiger partial charge < -0.3 is 10.6 Å². The van der Waals surface area contributed by atoms with E-state index in [0.717, 1.165) is 31.6 Å². The van der Waals surface area contributed by atoms with Crippen molar-refractivity contribution >= 4 is 23.6 Å². The molecule has 0 unspecified atom stereocenters. The van der Waals surface area contributed by atoms with Crippen LogP contribution in [0.15, 0.2) is 17.1 Å². The molecule has 2 heterocycles. The number of aromatic nitrogens is 2. The van der Waals surface area contributed by atoms with Crippen LogP contribution in [0.3, 0.4) is 0 Å². The first-order valence-electron chi connectivity index (χ1n) is 7.02. The Hall–Kier alpha value is -2.11. The average Bonchev–Trinajstić information content (AvgIpc) is 2.87. The molecule has 4 N–H and O–H groups in total. The van der Waals surface area contributed by atoms with Crippen LogP contribution in [-0.4, -0.2) is 39.9 Å². The lowest BCUT2D eigenvalue weighted by atomic mass is 10.1. The average molecular weight is 274 g/mol. The van der Waals surface area contributed by atoms with Crippen LogP contribution in [0.1, 0.15) is 38.3 Å². The number of amidine groups is 2. The minimum absolute atomic E-state index is 0.381. The van der Waals surface area contributed by atoms with Gasteiger partial charge in [-0.05, 0) is 32.3 Å². The van der Waals surface area contributed by atoms with Crippen molar-refractivity contribution in [3.05, 3.63) is 17.8 Å². The van der Waals surface area contributed by atoms with Crippen LogP contribution >= 0.6 is 0 Å². The smallest absolute Gasteiger partial charge is 0.175 e. The maximum absolute atomic E-state index is 8.08. The molecule has 1 aliphatic heterocycles. The Morgan fingerprint density at radius 2 is 2.25 bits per heavy atom. The van der Waals surface area contributed by atoms with E-state index in [1.165, 1.54) is 6.42 Å². The van der Waals surface area contributed by atoms with Crippen molar-refractivity contribution in [3.63, 3.8) is 0 Å². The van der Waals surface area contributed by atoms with Crippen LogP contribution in [0.5, 0.6) is 0 Å². The van der Waals surface area contributed by atoms with Gasteiger partial charge in [0, 0.05) is 19.2 Å². The van der Waals surface area contributed by atoms with Crippen molar-refractivity contribution in [2.75, 3.05) is 13.1 Å². The molecule has 1 fully saturated rings. The van der Waals surface area contributed by atoms with E-state index in [1.54, 1.807) is 0 Å². The number of hydrogen-bond acceptors (Lipinski definition) is 3. The second-order valence-corrected chi connectivity index (χ2v) is 4.96. The molecule has 0 radical (unpaired) electrons. The van der Waals surface area contributed by atoms with Gasteiger partial charge in [-0.2, -0.15) is 5.10 Å². The van der Waals surface area contributed by atoms with Crippen molar-refractivity contribution < 1.29 is 0 Å². The minimum atomic E-state index is 0.381. The molecule has 1 aromatic heterocycles. The standard InChI is InChI=1S/C14H22N6/c1-2-6-11-9-14(19-18-11)17-12(15)10-13(16)20-7-4-3-5-8-20/h2,6,9,16H,3-5,7-8,10H2,1H3,(H3,15,17,18,19)/b6-2+,16-13?. The number of hydrogen-bond donors (Lipinski definition) is 3. The lowest BCUT2D eigenvalue weighted by Crippen LogP contribution is -2.37. The minimum Gasteiger partial charge on any atom is -0.387 e. The molecule has 6 heteroatoms. The van der Waals surface area contributed by atoms with Gasteiger partial charge in [0.15, 0.2) is 5.82 Å². The monoisotopic (exact) mass is 274 g/mol. The first-order valence-corrected chi connectivity index (χ1v) is 7.02. The van der Waals surface area contributed by atoms with Crippen LogP contribution in [0.25, 0.3) is 6.08 Å². The predicted molar refractivity (Wildman–Crippen MR) is 82.3 cm³/mol. The first-order chi connectivity index (χ1) is 9.69. The second kappa shape index (κ2) is 6.88. The van der Waals surface area contributed by atoms with E-state index in [2.05, 4.69) is 20.1 Å². The highest BCUT2D eigenvalue weighted by atomic mass is 15.2. The SMILES string of the molecule is C/C=C/c1cc(N=C(N)CC(=N)N2CCCCC2)n[nH]1. The number of piperidine rings is 1. The van der Waals surface area contributed by atoms with Gasteiger partial charge in [-0.25, -0.2) is 4.99 Å². The maximum Gasteiger partial charge on any atom is 0.175 e. The Balaban J connectivity index is 1.93. The molecule has 6 nitrogen and oxygen atoms in total. The molecule has 0 aromatic carbocycles. The molecule has 0 spiro atoms. The molecule has 0 aliphatic carbocycles. The normalized spacial score (nSPS) is 16.9. The van der Waals surface area contributed by atoms with E-state index >= 15 is 0 Å². The summed E-state index contributed by atoms with van der Waals surface area (Å²) in [5.74, 6) is 1.54. The Morgan fingerprint density at radius 1 is 1.50 bits per heavy atom. The Morgan fingerprint density at radius 3 is 2.95 bits per heavy atom. The number of nitrogens with one attached hydrogen (secondary N) is 2. The molecule has 0 atom stereocenters. The summed E-state index contributed by atoms with van der Waals surface area (Å²) in [5.41, 5.74) is 6.80. The van der Waals surface area contributed by atoms with Gasteiger partial charge in [-0.15, -0.1) is 0 Å². The van der Waals surface area contributed by atoms with Gasteiger partial charge in [0.2, 0.25) is 0 Å². The van der Waals surface area contributed by atoms with E-state index in [9.17, 15) is 0 Å². The second-order valence-electron chi connectivity index (χ2n) is 4.96. The maximum atomic E-state index is 8.08.